The molecule has 0 radical (unpaired) electrons. The Morgan fingerprint density at radius 3 is 2.72 bits per heavy atom. The molecule has 5 aromatic heterocycles. The Morgan fingerprint density at radius 1 is 1.06 bits per heavy atom. The number of ether oxygens (including phenoxy) is 4. The molecule has 2 atom stereocenters. The third-order valence-corrected chi connectivity index (χ3v) is 8.53. The van der Waals surface area contributed by atoms with Gasteiger partial charge in [-0.15, -0.1) is 16.4 Å². The van der Waals surface area contributed by atoms with Crippen molar-refractivity contribution in [3.05, 3.63) is 35.1 Å². The number of nitrogens with zero attached hydrogens (tertiary/aromatic N) is 7. The van der Waals surface area contributed by atoms with Crippen LogP contribution in [0.4, 0.5) is 5.13 Å². The van der Waals surface area contributed by atoms with Crippen LogP contribution in [0, 0.1) is 6.92 Å². The fourth-order valence-corrected chi connectivity index (χ4v) is 6.42. The molecule has 7 heterocycles. The molecule has 2 unspecified atom stereocenters. The number of thiazole rings is 1. The summed E-state index contributed by atoms with van der Waals surface area (Å²) in [6.45, 7) is 4.16. The molecule has 13 heteroatoms. The van der Waals surface area contributed by atoms with Crippen LogP contribution in [0.25, 0.3) is 21.9 Å². The molecule has 2 aliphatic rings. The first kappa shape index (κ1) is 21.8. The van der Waals surface area contributed by atoms with Gasteiger partial charge in [0.2, 0.25) is 4.96 Å². The lowest BCUT2D eigenvalue weighted by Gasteiger charge is -2.26. The molecule has 0 aliphatic carbocycles. The molecule has 36 heavy (non-hydrogen) atoms. The monoisotopic (exact) mass is 525 g/mol. The van der Waals surface area contributed by atoms with Crippen LogP contribution in [0.1, 0.15) is 17.0 Å². The van der Waals surface area contributed by atoms with Crippen molar-refractivity contribution in [2.24, 2.45) is 0 Å². The fraction of sp³-hybridized carbons (Fsp3) is 0.391. The molecule has 0 spiro atoms. The predicted octanol–water partition coefficient (Wildman–Crippen LogP) is 3.44. The number of fused-ring (bicyclic) bond motifs is 4. The lowest BCUT2D eigenvalue weighted by atomic mass is 10.2. The number of methoxy groups -OCH3 is 2. The maximum atomic E-state index is 6.30. The van der Waals surface area contributed by atoms with Gasteiger partial charge in [-0.25, -0.2) is 19.0 Å². The predicted molar refractivity (Wildman–Crippen MR) is 135 cm³/mol. The lowest BCUT2D eigenvalue weighted by Crippen LogP contribution is -2.36. The van der Waals surface area contributed by atoms with Crippen molar-refractivity contribution in [3.63, 3.8) is 0 Å². The van der Waals surface area contributed by atoms with E-state index in [0.29, 0.717) is 46.8 Å². The molecule has 0 aromatic carbocycles. The zero-order valence-electron chi connectivity index (χ0n) is 19.9. The van der Waals surface area contributed by atoms with Crippen molar-refractivity contribution in [2.75, 3.05) is 32.3 Å². The number of imidazole rings is 1. The minimum atomic E-state index is 0.337. The van der Waals surface area contributed by atoms with Gasteiger partial charge >= 0.3 is 0 Å². The van der Waals surface area contributed by atoms with Crippen LogP contribution < -0.4 is 19.1 Å². The van der Waals surface area contributed by atoms with E-state index in [1.807, 2.05) is 24.5 Å². The van der Waals surface area contributed by atoms with Crippen LogP contribution in [0.5, 0.6) is 16.7 Å². The van der Waals surface area contributed by atoms with E-state index in [9.17, 15) is 0 Å². The molecule has 2 aliphatic heterocycles. The molecule has 2 bridgehead atoms. The average Bonchev–Trinajstić information content (AvgIpc) is 3.70. The van der Waals surface area contributed by atoms with Crippen molar-refractivity contribution < 1.29 is 18.9 Å². The van der Waals surface area contributed by atoms with Crippen LogP contribution >= 0.6 is 22.7 Å². The second-order valence-corrected chi connectivity index (χ2v) is 10.9. The highest BCUT2D eigenvalue weighted by Gasteiger charge is 2.40. The Kier molecular flexibility index (Phi) is 5.04. The number of morpholine rings is 1. The Morgan fingerprint density at radius 2 is 1.97 bits per heavy atom. The third-order valence-electron chi connectivity index (χ3n) is 6.60. The molecule has 7 rings (SSSR count). The first-order chi connectivity index (χ1) is 17.6. The van der Waals surface area contributed by atoms with Gasteiger partial charge in [0.25, 0.3) is 5.19 Å². The van der Waals surface area contributed by atoms with Crippen LogP contribution in [0.2, 0.25) is 0 Å². The minimum Gasteiger partial charge on any atom is -0.495 e. The average molecular weight is 526 g/mol. The van der Waals surface area contributed by atoms with E-state index in [0.717, 1.165) is 45.8 Å². The lowest BCUT2D eigenvalue weighted by molar-refractivity contribution is 0.0991. The van der Waals surface area contributed by atoms with Gasteiger partial charge in [0.05, 0.1) is 51.1 Å². The first-order valence-electron chi connectivity index (χ1n) is 11.5. The molecule has 5 aromatic rings. The Hall–Kier alpha value is -3.42. The minimum absolute atomic E-state index is 0.337. The highest BCUT2D eigenvalue weighted by molar-refractivity contribution is 7.18. The standard InChI is InChI=1S/C23H23N7O4S2/c1-12-18(25-21(35-12)28-7-15-4-13(28)10-33-15)11-34-20-5-14(31-2)8-29-19(20)6-16(26-29)17-9-30-22(24-17)36-23(27-30)32-3/h5-6,8-9,13,15H,4,7,10-11H2,1-3H3. The molecule has 0 N–H and O–H groups in total. The van der Waals surface area contributed by atoms with Crippen LogP contribution in [-0.2, 0) is 11.3 Å². The number of hydrogen-bond acceptors (Lipinski definition) is 11. The number of pyridine rings is 1. The van der Waals surface area contributed by atoms with Gasteiger partial charge in [-0.1, -0.05) is 0 Å². The van der Waals surface area contributed by atoms with Crippen LogP contribution in [0.15, 0.2) is 24.5 Å². The summed E-state index contributed by atoms with van der Waals surface area (Å²) in [6, 6.07) is 4.27. The van der Waals surface area contributed by atoms with Gasteiger partial charge in [0.1, 0.15) is 35.0 Å². The molecule has 0 amide bonds. The molecule has 186 valence electrons. The van der Waals surface area contributed by atoms with Crippen molar-refractivity contribution >= 4 is 38.3 Å². The fourth-order valence-electron chi connectivity index (χ4n) is 4.73. The van der Waals surface area contributed by atoms with E-state index in [1.54, 1.807) is 34.6 Å². The second kappa shape index (κ2) is 8.32. The summed E-state index contributed by atoms with van der Waals surface area (Å²) in [7, 11) is 3.22. The number of hydrogen-bond donors (Lipinski definition) is 0. The quantitative estimate of drug-likeness (QED) is 0.316. The maximum Gasteiger partial charge on any atom is 0.294 e. The Bertz CT molecular complexity index is 1560. The number of anilines is 1. The van der Waals surface area contributed by atoms with Crippen molar-refractivity contribution in [1.82, 2.24) is 29.2 Å². The van der Waals surface area contributed by atoms with Crippen molar-refractivity contribution in [3.8, 4) is 28.1 Å². The van der Waals surface area contributed by atoms with Crippen LogP contribution in [-0.4, -0.2) is 68.7 Å². The van der Waals surface area contributed by atoms with Crippen LogP contribution in [0.3, 0.4) is 0 Å². The number of rotatable bonds is 7. The van der Waals surface area contributed by atoms with E-state index < -0.39 is 0 Å². The van der Waals surface area contributed by atoms with Gasteiger partial charge in [-0.05, 0) is 30.7 Å². The summed E-state index contributed by atoms with van der Waals surface area (Å²) in [4.78, 5) is 13.8. The molecule has 0 saturated carbocycles. The molecular formula is C23H23N7O4S2. The van der Waals surface area contributed by atoms with Gasteiger partial charge in [-0.2, -0.15) is 5.10 Å². The van der Waals surface area contributed by atoms with E-state index in [2.05, 4.69) is 21.9 Å². The molecule has 2 fully saturated rings. The SMILES string of the molecule is COc1cc(OCc2nc(N3CC4CC3CO4)sc2C)c2cc(-c3cn4nc(OC)sc4n3)nn2c1. The van der Waals surface area contributed by atoms with E-state index >= 15 is 0 Å². The zero-order valence-corrected chi connectivity index (χ0v) is 21.5. The van der Waals surface area contributed by atoms with E-state index in [-0.39, 0.29) is 0 Å². The van der Waals surface area contributed by atoms with Gasteiger partial charge in [0.15, 0.2) is 5.13 Å². The van der Waals surface area contributed by atoms with E-state index in [4.69, 9.17) is 29.0 Å². The molecule has 2 saturated heterocycles. The summed E-state index contributed by atoms with van der Waals surface area (Å²) in [5.41, 5.74) is 3.18. The molecule has 11 nitrogen and oxygen atoms in total. The Balaban J connectivity index is 1.17. The summed E-state index contributed by atoms with van der Waals surface area (Å²) in [6.07, 6.45) is 5.09. The summed E-state index contributed by atoms with van der Waals surface area (Å²) in [5, 5.41) is 10.7. The number of aryl methyl sites for hydroxylation is 1. The summed E-state index contributed by atoms with van der Waals surface area (Å²) >= 11 is 3.09. The van der Waals surface area contributed by atoms with Crippen molar-refractivity contribution in [1.29, 1.82) is 0 Å². The van der Waals surface area contributed by atoms with Gasteiger partial charge in [-0.3, -0.25) is 0 Å². The highest BCUT2D eigenvalue weighted by atomic mass is 32.1. The summed E-state index contributed by atoms with van der Waals surface area (Å²) < 4.78 is 26.2. The topological polar surface area (TPSA) is 101 Å². The van der Waals surface area contributed by atoms with Gasteiger partial charge < -0.3 is 23.8 Å². The third kappa shape index (κ3) is 3.57. The second-order valence-electron chi connectivity index (χ2n) is 8.81. The highest BCUT2D eigenvalue weighted by Crippen LogP contribution is 2.37. The van der Waals surface area contributed by atoms with Crippen molar-refractivity contribution in [2.45, 2.75) is 32.1 Å². The summed E-state index contributed by atoms with van der Waals surface area (Å²) in [5.74, 6) is 1.31. The normalized spacial score (nSPS) is 19.1. The largest absolute Gasteiger partial charge is 0.495 e. The number of aromatic nitrogens is 6. The van der Waals surface area contributed by atoms with E-state index in [1.165, 1.54) is 11.3 Å². The smallest absolute Gasteiger partial charge is 0.294 e. The molecular weight excluding hydrogens is 502 g/mol. The Labute approximate surface area is 213 Å². The zero-order chi connectivity index (χ0) is 24.4. The maximum absolute atomic E-state index is 6.30. The van der Waals surface area contributed by atoms with Gasteiger partial charge in [0, 0.05) is 17.5 Å². The first-order valence-corrected chi connectivity index (χ1v) is 13.2.